The average molecular weight is 791 g/mol. The van der Waals surface area contributed by atoms with Gasteiger partial charge in [-0.2, -0.15) is 0 Å². The fourth-order valence-electron chi connectivity index (χ4n) is 6.60. The lowest BCUT2D eigenvalue weighted by Gasteiger charge is -2.40. The highest BCUT2D eigenvalue weighted by Crippen LogP contribution is 2.20. The Bertz CT molecular complexity index is 1930. The fourth-order valence-corrected chi connectivity index (χ4v) is 6.60. The lowest BCUT2D eigenvalue weighted by Crippen LogP contribution is -2.60. The number of benzene rings is 3. The van der Waals surface area contributed by atoms with Gasteiger partial charge >= 0.3 is 6.09 Å². The maximum atomic E-state index is 12.9. The molecule has 0 spiro atoms. The summed E-state index contributed by atoms with van der Waals surface area (Å²) in [7, 11) is 0. The maximum Gasteiger partial charge on any atom is 0.415 e. The van der Waals surface area contributed by atoms with Crippen molar-refractivity contribution in [3.8, 4) is 30.4 Å². The van der Waals surface area contributed by atoms with E-state index < -0.39 is 17.1 Å². The van der Waals surface area contributed by atoms with Gasteiger partial charge in [-0.3, -0.25) is 34.2 Å². The minimum absolute atomic E-state index is 0.0342. The van der Waals surface area contributed by atoms with Crippen LogP contribution in [0.3, 0.4) is 0 Å². The summed E-state index contributed by atoms with van der Waals surface area (Å²) in [6.07, 6.45) is 13.9. The van der Waals surface area contributed by atoms with Crippen LogP contribution in [0.1, 0.15) is 49.7 Å². The van der Waals surface area contributed by atoms with E-state index in [0.717, 1.165) is 37.1 Å². The van der Waals surface area contributed by atoms with E-state index in [9.17, 15) is 34.1 Å². The summed E-state index contributed by atoms with van der Waals surface area (Å²) in [6.45, 7) is 2.99. The number of terminal acetylenes is 2. The molecule has 2 N–H and O–H groups in total. The standard InChI is InChI=1S/C25H26N4O6.C19H24N2O2/c1-2-3-9-24(31)27-14-15-28(25(32)35-22-12-10-20(11-13-22)29(33)34)21(18-27)17-26-23(30)16-19-7-5-4-6-8-19;1-2-3-11-19(23)21-12-7-10-17(15-21)14-20-18(22)13-16-8-5-4-6-9-16/h1,4-8,10-13,21H,3,9,14-18H2,(H,26,30);1,4-6,8-9,17H,3,7,10-15H2,(H,20,22). The third kappa shape index (κ3) is 14.8. The number of hydrogen-bond acceptors (Lipinski definition) is 8. The first-order valence-corrected chi connectivity index (χ1v) is 19.3. The van der Waals surface area contributed by atoms with Crippen LogP contribution in [0, 0.1) is 40.7 Å². The number of amides is 5. The first kappa shape index (κ1) is 44.0. The number of likely N-dealkylation sites (tertiary alicyclic amines) is 1. The minimum atomic E-state index is -0.670. The van der Waals surface area contributed by atoms with Gasteiger partial charge in [-0.05, 0) is 42.0 Å². The average Bonchev–Trinajstić information content (AvgIpc) is 3.24. The number of nitro benzene ring substituents is 1. The van der Waals surface area contributed by atoms with Crippen molar-refractivity contribution in [2.75, 3.05) is 45.8 Å². The number of carbonyl (C=O) groups is 5. The van der Waals surface area contributed by atoms with Crippen LogP contribution in [0.5, 0.6) is 5.75 Å². The third-order valence-corrected chi connectivity index (χ3v) is 9.70. The number of hydrogen-bond donors (Lipinski definition) is 2. The SMILES string of the molecule is C#CCCC(=O)N1CCCC(CNC(=O)Cc2ccccc2)C1.C#CCCC(=O)N1CCN(C(=O)Oc2ccc([N+](=O)[O-])cc2)C(CNC(=O)Cc2ccccc2)C1. The fraction of sp³-hybridized carbons (Fsp3) is 0.386. The highest BCUT2D eigenvalue weighted by molar-refractivity contribution is 5.80. The molecule has 14 heteroatoms. The molecule has 304 valence electrons. The van der Waals surface area contributed by atoms with E-state index in [2.05, 4.69) is 22.5 Å². The summed E-state index contributed by atoms with van der Waals surface area (Å²) in [4.78, 5) is 77.1. The van der Waals surface area contributed by atoms with E-state index in [1.807, 2.05) is 65.6 Å². The van der Waals surface area contributed by atoms with E-state index in [0.29, 0.717) is 44.7 Å². The van der Waals surface area contributed by atoms with Crippen LogP contribution in [-0.2, 0) is 32.0 Å². The summed E-state index contributed by atoms with van der Waals surface area (Å²) < 4.78 is 5.40. The zero-order chi connectivity index (χ0) is 41.7. The number of nitrogens with one attached hydrogen (secondary N) is 2. The van der Waals surface area contributed by atoms with Crippen molar-refractivity contribution in [3.63, 3.8) is 0 Å². The van der Waals surface area contributed by atoms with Gasteiger partial charge in [-0.15, -0.1) is 24.7 Å². The predicted octanol–water partition coefficient (Wildman–Crippen LogP) is 4.38. The molecule has 14 nitrogen and oxygen atoms in total. The van der Waals surface area contributed by atoms with Crippen LogP contribution >= 0.6 is 0 Å². The van der Waals surface area contributed by atoms with Crippen LogP contribution in [0.25, 0.3) is 0 Å². The first-order chi connectivity index (χ1) is 28.1. The molecule has 0 radical (unpaired) electrons. The van der Waals surface area contributed by atoms with Crippen LogP contribution in [0.2, 0.25) is 0 Å². The molecule has 2 saturated heterocycles. The quantitative estimate of drug-likeness (QED) is 0.138. The lowest BCUT2D eigenvalue weighted by atomic mass is 9.97. The van der Waals surface area contributed by atoms with Gasteiger partial charge in [0.05, 0.1) is 23.8 Å². The number of nitro groups is 1. The largest absolute Gasteiger partial charge is 0.415 e. The second-order valence-corrected chi connectivity index (χ2v) is 14.0. The Kier molecular flexibility index (Phi) is 17.8. The highest BCUT2D eigenvalue weighted by atomic mass is 16.6. The summed E-state index contributed by atoms with van der Waals surface area (Å²) in [5, 5.41) is 16.7. The van der Waals surface area contributed by atoms with Crippen LogP contribution in [-0.4, -0.2) is 101 Å². The van der Waals surface area contributed by atoms with E-state index in [1.54, 1.807) is 4.90 Å². The van der Waals surface area contributed by atoms with E-state index in [1.165, 1.54) is 29.2 Å². The zero-order valence-electron chi connectivity index (χ0n) is 32.6. The molecule has 3 aromatic carbocycles. The van der Waals surface area contributed by atoms with E-state index >= 15 is 0 Å². The minimum Gasteiger partial charge on any atom is -0.410 e. The Morgan fingerprint density at radius 3 is 1.79 bits per heavy atom. The van der Waals surface area contributed by atoms with Crippen molar-refractivity contribution >= 4 is 35.4 Å². The maximum absolute atomic E-state index is 12.9. The first-order valence-electron chi connectivity index (χ1n) is 19.3. The summed E-state index contributed by atoms with van der Waals surface area (Å²) in [5.41, 5.74) is 1.75. The summed E-state index contributed by atoms with van der Waals surface area (Å²) in [6, 6.07) is 23.6. The molecule has 0 aliphatic carbocycles. The molecular weight excluding hydrogens is 741 g/mol. The molecule has 0 aromatic heterocycles. The molecule has 5 rings (SSSR count). The Morgan fingerprint density at radius 1 is 0.724 bits per heavy atom. The lowest BCUT2D eigenvalue weighted by molar-refractivity contribution is -0.384. The molecule has 2 fully saturated rings. The Labute approximate surface area is 339 Å². The molecule has 0 saturated carbocycles. The molecule has 2 aliphatic rings. The molecule has 0 bridgehead atoms. The van der Waals surface area contributed by atoms with Crippen molar-refractivity contribution in [3.05, 3.63) is 106 Å². The smallest absolute Gasteiger partial charge is 0.410 e. The second-order valence-electron chi connectivity index (χ2n) is 14.0. The predicted molar refractivity (Wildman–Crippen MR) is 218 cm³/mol. The third-order valence-electron chi connectivity index (χ3n) is 9.70. The van der Waals surface area contributed by atoms with Crippen molar-refractivity contribution in [1.29, 1.82) is 0 Å². The van der Waals surface area contributed by atoms with Crippen LogP contribution in [0.15, 0.2) is 84.9 Å². The zero-order valence-corrected chi connectivity index (χ0v) is 32.6. The number of piperidine rings is 1. The molecule has 2 heterocycles. The topological polar surface area (TPSA) is 172 Å². The van der Waals surface area contributed by atoms with Crippen molar-refractivity contribution in [2.45, 2.75) is 57.4 Å². The molecule has 58 heavy (non-hydrogen) atoms. The molecule has 2 atom stereocenters. The van der Waals surface area contributed by atoms with Gasteiger partial charge in [0.1, 0.15) is 5.75 Å². The van der Waals surface area contributed by atoms with Crippen molar-refractivity contribution in [1.82, 2.24) is 25.3 Å². The number of ether oxygens (including phenoxy) is 1. The number of piperazine rings is 1. The molecule has 3 aromatic rings. The molecule has 5 amide bonds. The van der Waals surface area contributed by atoms with Crippen LogP contribution < -0.4 is 15.4 Å². The summed E-state index contributed by atoms with van der Waals surface area (Å²) >= 11 is 0. The van der Waals surface area contributed by atoms with Gasteiger partial charge < -0.3 is 25.2 Å². The van der Waals surface area contributed by atoms with Crippen molar-refractivity contribution < 1.29 is 33.6 Å². The summed E-state index contributed by atoms with van der Waals surface area (Å²) in [5.74, 6) is 5.27. The van der Waals surface area contributed by atoms with Gasteiger partial charge in [0.15, 0.2) is 0 Å². The van der Waals surface area contributed by atoms with Gasteiger partial charge in [0.25, 0.3) is 5.69 Å². The molecule has 2 aliphatic heterocycles. The van der Waals surface area contributed by atoms with Crippen molar-refractivity contribution in [2.24, 2.45) is 5.92 Å². The Morgan fingerprint density at radius 2 is 1.26 bits per heavy atom. The van der Waals surface area contributed by atoms with Crippen LogP contribution in [0.4, 0.5) is 10.5 Å². The Hall–Kier alpha value is -6.67. The van der Waals surface area contributed by atoms with E-state index in [4.69, 9.17) is 17.6 Å². The molecular formula is C44H50N6O8. The van der Waals surface area contributed by atoms with Gasteiger partial charge in [0, 0.05) is 83.6 Å². The van der Waals surface area contributed by atoms with E-state index in [-0.39, 0.29) is 67.5 Å². The number of non-ortho nitro benzene ring substituents is 1. The monoisotopic (exact) mass is 790 g/mol. The number of nitrogens with zero attached hydrogens (tertiary/aromatic N) is 4. The molecule has 2 unspecified atom stereocenters. The highest BCUT2D eigenvalue weighted by Gasteiger charge is 2.34. The van der Waals surface area contributed by atoms with Gasteiger partial charge in [0.2, 0.25) is 23.6 Å². The normalized spacial score (nSPS) is 16.0. The number of rotatable bonds is 14. The Balaban J connectivity index is 0.000000280. The van der Waals surface area contributed by atoms with Gasteiger partial charge in [-0.25, -0.2) is 4.79 Å². The van der Waals surface area contributed by atoms with Gasteiger partial charge in [-0.1, -0.05) is 60.7 Å². The second kappa shape index (κ2) is 23.4. The number of carbonyl (C=O) groups excluding carboxylic acids is 5.